The predicted molar refractivity (Wildman–Crippen MR) is 79.1 cm³/mol. The Bertz CT molecular complexity index is 901. The summed E-state index contributed by atoms with van der Waals surface area (Å²) in [6.07, 6.45) is 1.01. The Labute approximate surface area is 135 Å². The predicted octanol–water partition coefficient (Wildman–Crippen LogP) is 2.77. The number of hydrogen-bond acceptors (Lipinski definition) is 3. The van der Waals surface area contributed by atoms with Gasteiger partial charge in [-0.1, -0.05) is 0 Å². The van der Waals surface area contributed by atoms with Crippen LogP contribution in [0.4, 0.5) is 18.9 Å². The van der Waals surface area contributed by atoms with Crippen LogP contribution in [0.2, 0.25) is 0 Å². The van der Waals surface area contributed by atoms with Gasteiger partial charge in [-0.15, -0.1) is 0 Å². The van der Waals surface area contributed by atoms with E-state index in [1.807, 2.05) is 0 Å². The van der Waals surface area contributed by atoms with Crippen molar-refractivity contribution in [3.05, 3.63) is 47.5 Å². The van der Waals surface area contributed by atoms with E-state index in [0.29, 0.717) is 6.92 Å². The van der Waals surface area contributed by atoms with Crippen LogP contribution in [0.1, 0.15) is 23.0 Å². The molecule has 0 aliphatic carbocycles. The molecule has 0 atom stereocenters. The molecule has 2 rings (SSSR count). The Morgan fingerprint density at radius 3 is 2.42 bits per heavy atom. The highest BCUT2D eigenvalue weighted by molar-refractivity contribution is 7.85. The summed E-state index contributed by atoms with van der Waals surface area (Å²) in [6, 6.07) is 3.59. The molecule has 130 valence electrons. The summed E-state index contributed by atoms with van der Waals surface area (Å²) < 4.78 is 72.2. The Hall–Kier alpha value is -2.33. The molecule has 1 aromatic heterocycles. The summed E-state index contributed by atoms with van der Waals surface area (Å²) >= 11 is 0. The zero-order valence-corrected chi connectivity index (χ0v) is 13.4. The third-order valence-corrected chi connectivity index (χ3v) is 4.03. The number of nitrogens with zero attached hydrogens (tertiary/aromatic N) is 1. The summed E-state index contributed by atoms with van der Waals surface area (Å²) in [4.78, 5) is 11.6. The molecule has 0 bridgehead atoms. The van der Waals surface area contributed by atoms with Crippen molar-refractivity contribution in [3.63, 3.8) is 0 Å². The number of nitrogens with one attached hydrogen (secondary N) is 1. The highest BCUT2D eigenvalue weighted by atomic mass is 32.2. The van der Waals surface area contributed by atoms with Gasteiger partial charge in [-0.05, 0) is 24.3 Å². The molecule has 2 N–H and O–H groups in total. The summed E-state index contributed by atoms with van der Waals surface area (Å²) in [6.45, 7) is 0.520. The minimum absolute atomic E-state index is 0.0902. The first-order chi connectivity index (χ1) is 10.9. The van der Waals surface area contributed by atoms with E-state index < -0.39 is 38.2 Å². The van der Waals surface area contributed by atoms with E-state index in [4.69, 9.17) is 4.55 Å². The number of carbonyl (C=O) groups excluding carboxylic acids is 1. The van der Waals surface area contributed by atoms with Gasteiger partial charge in [0.05, 0.1) is 5.56 Å². The second-order valence-electron chi connectivity index (χ2n) is 5.18. The average molecular weight is 362 g/mol. The van der Waals surface area contributed by atoms with Crippen molar-refractivity contribution < 1.29 is 30.9 Å². The lowest BCUT2D eigenvalue weighted by molar-refractivity contribution is 0.0138. The number of aromatic nitrogens is 1. The van der Waals surface area contributed by atoms with E-state index in [2.05, 4.69) is 5.32 Å². The fraction of sp³-hybridized carbons (Fsp3) is 0.214. The average Bonchev–Trinajstić information content (AvgIpc) is 2.82. The van der Waals surface area contributed by atoms with Crippen LogP contribution in [-0.4, -0.2) is 23.4 Å². The quantitative estimate of drug-likeness (QED) is 0.819. The summed E-state index contributed by atoms with van der Waals surface area (Å²) in [5, 5.41) is 2.27. The number of amides is 1. The number of alkyl halides is 2. The Kier molecular flexibility index (Phi) is 4.46. The number of hydrogen-bond donors (Lipinski definition) is 2. The van der Waals surface area contributed by atoms with Gasteiger partial charge in [-0.3, -0.25) is 9.35 Å². The molecule has 0 spiro atoms. The molecule has 0 unspecified atom stereocenters. The lowest BCUT2D eigenvalue weighted by Crippen LogP contribution is -2.17. The first kappa shape index (κ1) is 18.0. The van der Waals surface area contributed by atoms with Crippen molar-refractivity contribution >= 4 is 21.7 Å². The molecule has 0 aliphatic rings. The van der Waals surface area contributed by atoms with Gasteiger partial charge in [-0.2, -0.15) is 8.42 Å². The van der Waals surface area contributed by atoms with Crippen molar-refractivity contribution in [3.8, 4) is 0 Å². The molecule has 1 heterocycles. The van der Waals surface area contributed by atoms with Crippen molar-refractivity contribution in [2.75, 3.05) is 5.32 Å². The van der Waals surface area contributed by atoms with E-state index in [9.17, 15) is 26.4 Å². The molecule has 10 heteroatoms. The molecular formula is C14H13F3N2O4S. The molecule has 6 nitrogen and oxygen atoms in total. The van der Waals surface area contributed by atoms with Crippen LogP contribution >= 0.6 is 0 Å². The number of benzene rings is 1. The van der Waals surface area contributed by atoms with Crippen molar-refractivity contribution in [2.45, 2.75) is 17.7 Å². The summed E-state index contributed by atoms with van der Waals surface area (Å²) in [5.41, 5.74) is -1.12. The van der Waals surface area contributed by atoms with E-state index in [1.54, 1.807) is 0 Å². The molecule has 1 aromatic carbocycles. The Morgan fingerprint density at radius 2 is 1.92 bits per heavy atom. The molecule has 2 aromatic rings. The van der Waals surface area contributed by atoms with Gasteiger partial charge < -0.3 is 9.88 Å². The molecule has 0 radical (unpaired) electrons. The number of anilines is 1. The third-order valence-electron chi connectivity index (χ3n) is 3.21. The zero-order chi connectivity index (χ0) is 18.3. The minimum atomic E-state index is -4.49. The van der Waals surface area contributed by atoms with E-state index in [-0.39, 0.29) is 11.4 Å². The molecule has 24 heavy (non-hydrogen) atoms. The number of aryl methyl sites for hydroxylation is 1. The van der Waals surface area contributed by atoms with Gasteiger partial charge in [0.1, 0.15) is 16.4 Å². The summed E-state index contributed by atoms with van der Waals surface area (Å²) in [7, 11) is -3.13. The number of halogens is 3. The first-order valence-corrected chi connectivity index (χ1v) is 7.96. The maximum Gasteiger partial charge on any atom is 0.296 e. The maximum absolute atomic E-state index is 13.4. The fourth-order valence-corrected chi connectivity index (χ4v) is 2.59. The largest absolute Gasteiger partial charge is 0.345 e. The molecule has 0 saturated heterocycles. The second-order valence-corrected chi connectivity index (χ2v) is 6.61. The Balaban J connectivity index is 2.33. The topological polar surface area (TPSA) is 88.4 Å². The zero-order valence-electron chi connectivity index (χ0n) is 12.5. The van der Waals surface area contributed by atoms with Gasteiger partial charge in [0, 0.05) is 25.9 Å². The third kappa shape index (κ3) is 3.77. The van der Waals surface area contributed by atoms with Gasteiger partial charge in [0.2, 0.25) is 0 Å². The molecular weight excluding hydrogens is 349 g/mol. The van der Waals surface area contributed by atoms with E-state index in [1.165, 1.54) is 7.05 Å². The van der Waals surface area contributed by atoms with Crippen molar-refractivity contribution in [1.29, 1.82) is 0 Å². The van der Waals surface area contributed by atoms with Crippen LogP contribution < -0.4 is 5.32 Å². The second kappa shape index (κ2) is 5.95. The molecule has 0 saturated carbocycles. The molecule has 0 aliphatic heterocycles. The van der Waals surface area contributed by atoms with Crippen LogP contribution in [0.15, 0.2) is 35.4 Å². The van der Waals surface area contributed by atoms with Gasteiger partial charge >= 0.3 is 0 Å². The minimum Gasteiger partial charge on any atom is -0.345 e. The van der Waals surface area contributed by atoms with Crippen molar-refractivity contribution in [1.82, 2.24) is 4.57 Å². The molecule has 0 fully saturated rings. The monoisotopic (exact) mass is 362 g/mol. The van der Waals surface area contributed by atoms with Crippen LogP contribution in [0.3, 0.4) is 0 Å². The standard InChI is InChI=1S/C14H13F3N2O4S/c1-14(16,17)10-5-8(3-4-11(10)15)18-13(20)12-6-9(7-19(12)2)24(21,22)23/h3-7H,1-2H3,(H,18,20)(H,21,22,23). The van der Waals surface area contributed by atoms with Crippen LogP contribution in [0.5, 0.6) is 0 Å². The lowest BCUT2D eigenvalue weighted by Gasteiger charge is -2.14. The van der Waals surface area contributed by atoms with Crippen molar-refractivity contribution in [2.24, 2.45) is 7.05 Å². The van der Waals surface area contributed by atoms with E-state index >= 15 is 0 Å². The highest BCUT2D eigenvalue weighted by Gasteiger charge is 2.28. The van der Waals surface area contributed by atoms with Gasteiger partial charge in [-0.25, -0.2) is 13.2 Å². The number of rotatable bonds is 4. The normalized spacial score (nSPS) is 12.2. The SMILES string of the molecule is Cn1cc(S(=O)(=O)O)cc1C(=O)Nc1ccc(F)c(C(C)(F)F)c1. The molecule has 1 amide bonds. The first-order valence-electron chi connectivity index (χ1n) is 6.52. The van der Waals surface area contributed by atoms with Crippen LogP contribution in [0, 0.1) is 5.82 Å². The fourth-order valence-electron chi connectivity index (χ4n) is 2.04. The lowest BCUT2D eigenvalue weighted by atomic mass is 10.1. The van der Waals surface area contributed by atoms with Gasteiger partial charge in [0.25, 0.3) is 21.9 Å². The van der Waals surface area contributed by atoms with E-state index in [0.717, 1.165) is 35.0 Å². The number of carbonyl (C=O) groups is 1. The van der Waals surface area contributed by atoms with Crippen LogP contribution in [-0.2, 0) is 23.1 Å². The Morgan fingerprint density at radius 1 is 1.29 bits per heavy atom. The summed E-state index contributed by atoms with van der Waals surface area (Å²) in [5.74, 6) is -5.37. The van der Waals surface area contributed by atoms with Gasteiger partial charge in [0.15, 0.2) is 0 Å². The highest BCUT2D eigenvalue weighted by Crippen LogP contribution is 2.31. The van der Waals surface area contributed by atoms with Crippen LogP contribution in [0.25, 0.3) is 0 Å². The maximum atomic E-state index is 13.4. The smallest absolute Gasteiger partial charge is 0.296 e.